The summed E-state index contributed by atoms with van der Waals surface area (Å²) >= 11 is 0. The second-order valence-electron chi connectivity index (χ2n) is 5.94. The van der Waals surface area contributed by atoms with Gasteiger partial charge in [0, 0.05) is 49.9 Å². The van der Waals surface area contributed by atoms with E-state index in [9.17, 15) is 5.11 Å². The molecule has 1 fully saturated rings. The Morgan fingerprint density at radius 2 is 2.14 bits per heavy atom. The first-order chi connectivity index (χ1) is 10.1. The van der Waals surface area contributed by atoms with Crippen LogP contribution >= 0.6 is 0 Å². The third-order valence-electron chi connectivity index (χ3n) is 4.24. The molecule has 5 nitrogen and oxygen atoms in total. The molecule has 0 aliphatic carbocycles. The van der Waals surface area contributed by atoms with E-state index in [-0.39, 0.29) is 6.10 Å². The molecule has 1 aliphatic heterocycles. The summed E-state index contributed by atoms with van der Waals surface area (Å²) in [5, 5.41) is 14.3. The number of aromatic nitrogens is 3. The van der Waals surface area contributed by atoms with Gasteiger partial charge in [-0.15, -0.1) is 0 Å². The van der Waals surface area contributed by atoms with Gasteiger partial charge in [-0.2, -0.15) is 5.10 Å². The van der Waals surface area contributed by atoms with Crippen molar-refractivity contribution in [1.82, 2.24) is 19.7 Å². The van der Waals surface area contributed by atoms with Gasteiger partial charge < -0.3 is 5.11 Å². The fourth-order valence-electron chi connectivity index (χ4n) is 3.05. The molecule has 0 radical (unpaired) electrons. The lowest BCUT2D eigenvalue weighted by molar-refractivity contribution is 0.127. The average Bonchev–Trinajstić information content (AvgIpc) is 3.07. The lowest BCUT2D eigenvalue weighted by Crippen LogP contribution is -2.24. The summed E-state index contributed by atoms with van der Waals surface area (Å²) in [7, 11) is 1.96. The quantitative estimate of drug-likeness (QED) is 0.929. The van der Waals surface area contributed by atoms with Crippen LogP contribution in [0.15, 0.2) is 30.7 Å². The Balaban J connectivity index is 1.78. The molecule has 21 heavy (non-hydrogen) atoms. The van der Waals surface area contributed by atoms with Crippen molar-refractivity contribution in [1.29, 1.82) is 0 Å². The van der Waals surface area contributed by atoms with Gasteiger partial charge in [-0.3, -0.25) is 14.6 Å². The summed E-state index contributed by atoms with van der Waals surface area (Å²) < 4.78 is 1.87. The maximum atomic E-state index is 9.72. The van der Waals surface area contributed by atoms with Gasteiger partial charge in [-0.25, -0.2) is 0 Å². The first kappa shape index (κ1) is 14.2. The van der Waals surface area contributed by atoms with Crippen LogP contribution in [0, 0.1) is 5.92 Å². The van der Waals surface area contributed by atoms with Crippen LogP contribution in [0.3, 0.4) is 0 Å². The molecule has 2 aromatic heterocycles. The molecule has 0 saturated carbocycles. The second-order valence-corrected chi connectivity index (χ2v) is 5.94. The molecule has 3 rings (SSSR count). The van der Waals surface area contributed by atoms with E-state index in [1.165, 1.54) is 5.56 Å². The summed E-state index contributed by atoms with van der Waals surface area (Å²) in [5.41, 5.74) is 3.36. The Morgan fingerprint density at radius 1 is 1.38 bits per heavy atom. The molecule has 0 amide bonds. The topological polar surface area (TPSA) is 54.2 Å². The van der Waals surface area contributed by atoms with Crippen LogP contribution in [0.1, 0.15) is 18.9 Å². The fourth-order valence-corrected chi connectivity index (χ4v) is 3.05. The predicted molar refractivity (Wildman–Crippen MR) is 81.5 cm³/mol. The summed E-state index contributed by atoms with van der Waals surface area (Å²) in [6.45, 7) is 4.78. The molecule has 1 aliphatic rings. The molecule has 3 heterocycles. The Bertz CT molecular complexity index is 594. The highest BCUT2D eigenvalue weighted by Crippen LogP contribution is 2.26. The van der Waals surface area contributed by atoms with Crippen molar-refractivity contribution < 1.29 is 5.11 Å². The number of likely N-dealkylation sites (tertiary alicyclic amines) is 1. The predicted octanol–water partition coefficient (Wildman–Crippen LogP) is 1.68. The van der Waals surface area contributed by atoms with E-state index in [4.69, 9.17) is 0 Å². The summed E-state index contributed by atoms with van der Waals surface area (Å²) in [4.78, 5) is 6.47. The molecule has 0 spiro atoms. The van der Waals surface area contributed by atoms with Gasteiger partial charge in [0.1, 0.15) is 0 Å². The van der Waals surface area contributed by atoms with Gasteiger partial charge in [0.2, 0.25) is 0 Å². The van der Waals surface area contributed by atoms with Gasteiger partial charge >= 0.3 is 0 Å². The average molecular weight is 286 g/mol. The minimum atomic E-state index is -0.219. The van der Waals surface area contributed by atoms with Gasteiger partial charge in [0.05, 0.1) is 11.8 Å². The van der Waals surface area contributed by atoms with Gasteiger partial charge in [0.15, 0.2) is 0 Å². The highest BCUT2D eigenvalue weighted by atomic mass is 16.3. The second kappa shape index (κ2) is 5.95. The molecule has 0 aromatic carbocycles. The fraction of sp³-hybridized carbons (Fsp3) is 0.500. The molecular formula is C16H22N4O. The van der Waals surface area contributed by atoms with E-state index >= 15 is 0 Å². The van der Waals surface area contributed by atoms with Crippen molar-refractivity contribution in [3.05, 3.63) is 36.3 Å². The van der Waals surface area contributed by atoms with Crippen molar-refractivity contribution in [3.63, 3.8) is 0 Å². The van der Waals surface area contributed by atoms with E-state index in [1.54, 1.807) is 12.4 Å². The van der Waals surface area contributed by atoms with Crippen molar-refractivity contribution in [2.75, 3.05) is 13.1 Å². The number of aryl methyl sites for hydroxylation is 1. The standard InChI is InChI=1S/C16H22N4O/c1-12(21)14-5-8-20(10-14)11-15-9-19(2)18-16(15)13-3-6-17-7-4-13/h3-4,6-7,9,12,14,21H,5,8,10-11H2,1-2H3. The molecule has 112 valence electrons. The maximum absolute atomic E-state index is 9.72. The zero-order valence-corrected chi connectivity index (χ0v) is 12.6. The van der Waals surface area contributed by atoms with Crippen LogP contribution in [0.2, 0.25) is 0 Å². The molecule has 2 atom stereocenters. The minimum Gasteiger partial charge on any atom is -0.393 e. The maximum Gasteiger partial charge on any atom is 0.0969 e. The molecule has 0 bridgehead atoms. The third-order valence-corrected chi connectivity index (χ3v) is 4.24. The van der Waals surface area contributed by atoms with E-state index in [0.29, 0.717) is 5.92 Å². The third kappa shape index (κ3) is 3.14. The highest BCUT2D eigenvalue weighted by molar-refractivity contribution is 5.61. The molecule has 1 saturated heterocycles. The van der Waals surface area contributed by atoms with Crippen LogP contribution < -0.4 is 0 Å². The van der Waals surface area contributed by atoms with Crippen molar-refractivity contribution in [2.45, 2.75) is 26.0 Å². The first-order valence-corrected chi connectivity index (χ1v) is 7.47. The Morgan fingerprint density at radius 3 is 2.81 bits per heavy atom. The van der Waals surface area contributed by atoms with E-state index in [2.05, 4.69) is 21.2 Å². The van der Waals surface area contributed by atoms with Crippen molar-refractivity contribution in [3.8, 4) is 11.3 Å². The summed E-state index contributed by atoms with van der Waals surface area (Å²) in [5.74, 6) is 0.394. The smallest absolute Gasteiger partial charge is 0.0969 e. The van der Waals surface area contributed by atoms with Crippen LogP contribution in [0.25, 0.3) is 11.3 Å². The molecule has 2 unspecified atom stereocenters. The van der Waals surface area contributed by atoms with Crippen LogP contribution in [-0.2, 0) is 13.6 Å². The number of pyridine rings is 1. The zero-order chi connectivity index (χ0) is 14.8. The molecular weight excluding hydrogens is 264 g/mol. The Labute approximate surface area is 125 Å². The number of nitrogens with zero attached hydrogens (tertiary/aromatic N) is 4. The van der Waals surface area contributed by atoms with Gasteiger partial charge in [-0.05, 0) is 37.9 Å². The normalized spacial score (nSPS) is 20.8. The first-order valence-electron chi connectivity index (χ1n) is 7.47. The molecule has 5 heteroatoms. The number of rotatable bonds is 4. The van der Waals surface area contributed by atoms with Crippen LogP contribution in [0.5, 0.6) is 0 Å². The van der Waals surface area contributed by atoms with Crippen LogP contribution in [-0.4, -0.2) is 44.0 Å². The van der Waals surface area contributed by atoms with E-state index in [0.717, 1.165) is 37.3 Å². The summed E-state index contributed by atoms with van der Waals surface area (Å²) in [6.07, 6.45) is 6.54. The van der Waals surface area contributed by atoms with Crippen LogP contribution in [0.4, 0.5) is 0 Å². The molecule has 1 N–H and O–H groups in total. The lowest BCUT2D eigenvalue weighted by Gasteiger charge is -2.17. The number of aliphatic hydroxyl groups is 1. The van der Waals surface area contributed by atoms with Crippen molar-refractivity contribution in [2.24, 2.45) is 13.0 Å². The number of aliphatic hydroxyl groups excluding tert-OH is 1. The highest BCUT2D eigenvalue weighted by Gasteiger charge is 2.26. The number of hydrogen-bond donors (Lipinski definition) is 1. The van der Waals surface area contributed by atoms with Gasteiger partial charge in [-0.1, -0.05) is 0 Å². The van der Waals surface area contributed by atoms with E-state index < -0.39 is 0 Å². The van der Waals surface area contributed by atoms with Crippen molar-refractivity contribution >= 4 is 0 Å². The van der Waals surface area contributed by atoms with E-state index in [1.807, 2.05) is 30.8 Å². The largest absolute Gasteiger partial charge is 0.393 e. The molecule has 2 aromatic rings. The minimum absolute atomic E-state index is 0.219. The monoisotopic (exact) mass is 286 g/mol. The lowest BCUT2D eigenvalue weighted by atomic mass is 10.0. The Kier molecular flexibility index (Phi) is 4.03. The van der Waals surface area contributed by atoms with Gasteiger partial charge in [0.25, 0.3) is 0 Å². The number of hydrogen-bond acceptors (Lipinski definition) is 4. The SMILES string of the molecule is CC(O)C1CCN(Cc2cn(C)nc2-c2ccncc2)C1. The Hall–Kier alpha value is -1.72. The summed E-state index contributed by atoms with van der Waals surface area (Å²) in [6, 6.07) is 3.99. The zero-order valence-electron chi connectivity index (χ0n) is 12.6.